The number of rotatable bonds is 3. The monoisotopic (exact) mass is 220 g/mol. The first-order valence-corrected chi connectivity index (χ1v) is 4.69. The van der Waals surface area contributed by atoms with Gasteiger partial charge in [-0.1, -0.05) is 0 Å². The molecule has 0 fully saturated rings. The largest absolute Gasteiger partial charge is 0.510 e. The van der Waals surface area contributed by atoms with E-state index in [1.807, 2.05) is 0 Å². The zero-order chi connectivity index (χ0) is 6.57. The molecular formula is C2H6O4P2Zn+2. The first-order valence-electron chi connectivity index (χ1n) is 1.90. The summed E-state index contributed by atoms with van der Waals surface area (Å²) in [7, 11) is -4.45. The fraction of sp³-hybridized carbons (Fsp3) is 1.00. The molecule has 0 aromatic rings. The van der Waals surface area contributed by atoms with Crippen LogP contribution in [0.3, 0.4) is 0 Å². The van der Waals surface area contributed by atoms with Crippen LogP contribution in [0.2, 0.25) is 0 Å². The van der Waals surface area contributed by atoms with Crippen molar-refractivity contribution in [3.63, 3.8) is 0 Å². The third kappa shape index (κ3) is 12.1. The zero-order valence-electron chi connectivity index (χ0n) is 4.73. The van der Waals surface area contributed by atoms with Gasteiger partial charge in [-0.2, -0.15) is 9.79 Å². The van der Waals surface area contributed by atoms with E-state index in [0.717, 1.165) is 0 Å². The van der Waals surface area contributed by atoms with Crippen molar-refractivity contribution in [2.24, 2.45) is 0 Å². The third-order valence-corrected chi connectivity index (χ3v) is 2.05. The summed E-state index contributed by atoms with van der Waals surface area (Å²) < 4.78 is 19.6. The van der Waals surface area contributed by atoms with E-state index >= 15 is 0 Å². The molecule has 0 saturated carbocycles. The smallest absolute Gasteiger partial charge is 0.161 e. The van der Waals surface area contributed by atoms with Crippen molar-refractivity contribution in [3.05, 3.63) is 0 Å². The molecule has 0 radical (unpaired) electrons. The SMILES string of the molecule is O=[P+](O)CC[P+](=O)O.[Zn]. The summed E-state index contributed by atoms with van der Waals surface area (Å²) in [6, 6.07) is 0. The Hall–Kier alpha value is 0.743. The van der Waals surface area contributed by atoms with Crippen LogP contribution >= 0.6 is 16.1 Å². The molecule has 0 spiro atoms. The van der Waals surface area contributed by atoms with Gasteiger partial charge in [0.15, 0.2) is 0 Å². The van der Waals surface area contributed by atoms with Gasteiger partial charge < -0.3 is 0 Å². The average molecular weight is 221 g/mol. The predicted octanol–water partition coefficient (Wildman–Crippen LogP) is 0.453. The van der Waals surface area contributed by atoms with Gasteiger partial charge in [-0.15, -0.1) is 0 Å². The van der Waals surface area contributed by atoms with E-state index in [4.69, 9.17) is 9.79 Å². The summed E-state index contributed by atoms with van der Waals surface area (Å²) in [6.45, 7) is 0. The molecular weight excluding hydrogens is 215 g/mol. The van der Waals surface area contributed by atoms with Crippen molar-refractivity contribution in [3.8, 4) is 0 Å². The number of hydrogen-bond acceptors (Lipinski definition) is 2. The van der Waals surface area contributed by atoms with E-state index in [9.17, 15) is 9.13 Å². The van der Waals surface area contributed by atoms with Gasteiger partial charge in [0.25, 0.3) is 0 Å². The van der Waals surface area contributed by atoms with E-state index in [2.05, 4.69) is 0 Å². The standard InChI is InChI=1S/C2H4O4P2.Zn/c3-7(4)1-2-8(5)6;/h1-2H2;/p+2. The van der Waals surface area contributed by atoms with Crippen molar-refractivity contribution >= 4 is 16.1 Å². The van der Waals surface area contributed by atoms with Crippen LogP contribution in [0.25, 0.3) is 0 Å². The van der Waals surface area contributed by atoms with Crippen LogP contribution in [0.15, 0.2) is 0 Å². The number of hydrogen-bond donors (Lipinski definition) is 2. The molecule has 2 atom stereocenters. The molecule has 0 amide bonds. The van der Waals surface area contributed by atoms with Gasteiger partial charge in [-0.3, -0.25) is 0 Å². The molecule has 48 valence electrons. The van der Waals surface area contributed by atoms with Crippen molar-refractivity contribution in [2.45, 2.75) is 0 Å². The Morgan fingerprint density at radius 1 is 1.00 bits per heavy atom. The summed E-state index contributed by atoms with van der Waals surface area (Å²) in [5.74, 6) is 0. The van der Waals surface area contributed by atoms with Crippen LogP contribution in [-0.2, 0) is 28.6 Å². The molecule has 0 aliphatic carbocycles. The van der Waals surface area contributed by atoms with E-state index in [0.29, 0.717) is 0 Å². The first-order chi connectivity index (χ1) is 3.63. The molecule has 0 aromatic heterocycles. The molecule has 0 heterocycles. The maximum absolute atomic E-state index is 9.81. The molecule has 0 rings (SSSR count). The van der Waals surface area contributed by atoms with Crippen LogP contribution in [0.1, 0.15) is 0 Å². The van der Waals surface area contributed by atoms with Crippen LogP contribution in [0.5, 0.6) is 0 Å². The molecule has 9 heavy (non-hydrogen) atoms. The van der Waals surface area contributed by atoms with Crippen LogP contribution in [0.4, 0.5) is 0 Å². The van der Waals surface area contributed by atoms with E-state index < -0.39 is 16.1 Å². The van der Waals surface area contributed by atoms with Crippen LogP contribution in [-0.4, -0.2) is 22.1 Å². The Morgan fingerprint density at radius 3 is 1.33 bits per heavy atom. The van der Waals surface area contributed by atoms with Gasteiger partial charge in [0.2, 0.25) is 12.3 Å². The Kier molecular flexibility index (Phi) is 9.47. The van der Waals surface area contributed by atoms with Crippen molar-refractivity contribution in [1.29, 1.82) is 0 Å². The van der Waals surface area contributed by atoms with Crippen molar-refractivity contribution in [2.75, 3.05) is 12.3 Å². The van der Waals surface area contributed by atoms with Gasteiger partial charge in [0.05, 0.1) is 0 Å². The quantitative estimate of drug-likeness (QED) is 0.536. The Labute approximate surface area is 67.2 Å². The van der Waals surface area contributed by atoms with Crippen LogP contribution in [0, 0.1) is 0 Å². The third-order valence-electron chi connectivity index (χ3n) is 0.483. The van der Waals surface area contributed by atoms with Gasteiger partial charge in [-0.05, 0) is 9.13 Å². The fourth-order valence-electron chi connectivity index (χ4n) is 0.171. The second-order valence-corrected chi connectivity index (χ2v) is 3.45. The summed E-state index contributed by atoms with van der Waals surface area (Å²) in [5.41, 5.74) is 0. The van der Waals surface area contributed by atoms with E-state index in [-0.39, 0.29) is 31.8 Å². The van der Waals surface area contributed by atoms with Gasteiger partial charge >= 0.3 is 16.1 Å². The van der Waals surface area contributed by atoms with Gasteiger partial charge in [0.1, 0.15) is 0 Å². The molecule has 0 aromatic carbocycles. The topological polar surface area (TPSA) is 74.6 Å². The summed E-state index contributed by atoms with van der Waals surface area (Å²) in [4.78, 5) is 16.1. The average Bonchev–Trinajstić information content (AvgIpc) is 1.61. The summed E-state index contributed by atoms with van der Waals surface area (Å²) in [5, 5.41) is 0. The Morgan fingerprint density at radius 2 is 1.22 bits per heavy atom. The molecule has 0 bridgehead atoms. The maximum Gasteiger partial charge on any atom is 0.510 e. The zero-order valence-corrected chi connectivity index (χ0v) is 9.48. The van der Waals surface area contributed by atoms with E-state index in [1.54, 1.807) is 0 Å². The van der Waals surface area contributed by atoms with Crippen LogP contribution < -0.4 is 0 Å². The van der Waals surface area contributed by atoms with Crippen molar-refractivity contribution in [1.82, 2.24) is 0 Å². The molecule has 2 N–H and O–H groups in total. The van der Waals surface area contributed by atoms with Crippen molar-refractivity contribution < 1.29 is 38.4 Å². The minimum absolute atomic E-state index is 0. The fourth-order valence-corrected chi connectivity index (χ4v) is 1.54. The Bertz CT molecular complexity index is 101. The molecule has 2 unspecified atom stereocenters. The molecule has 4 nitrogen and oxygen atoms in total. The molecule has 0 aliphatic rings. The van der Waals surface area contributed by atoms with Gasteiger partial charge in [0, 0.05) is 19.5 Å². The molecule has 0 saturated heterocycles. The van der Waals surface area contributed by atoms with E-state index in [1.165, 1.54) is 0 Å². The summed E-state index contributed by atoms with van der Waals surface area (Å²) in [6.07, 6.45) is -0.165. The molecule has 0 aliphatic heterocycles. The normalized spacial score (nSPS) is 11.8. The first kappa shape index (κ1) is 12.4. The second kappa shape index (κ2) is 6.86. The minimum Gasteiger partial charge on any atom is -0.161 e. The minimum atomic E-state index is -2.23. The predicted molar refractivity (Wildman–Crippen MR) is 29.4 cm³/mol. The summed E-state index contributed by atoms with van der Waals surface area (Å²) >= 11 is 0. The van der Waals surface area contributed by atoms with Gasteiger partial charge in [-0.25, -0.2) is 0 Å². The molecule has 7 heteroatoms. The maximum atomic E-state index is 9.81. The second-order valence-electron chi connectivity index (χ2n) is 1.15. The Balaban J connectivity index is 0.